The lowest BCUT2D eigenvalue weighted by Gasteiger charge is -2.00. The molecule has 0 atom stereocenters. The number of benzene rings is 2. The van der Waals surface area contributed by atoms with Crippen LogP contribution in [0.25, 0.3) is 11.1 Å². The molecule has 0 heterocycles. The van der Waals surface area contributed by atoms with Crippen LogP contribution in [0.15, 0.2) is 36.4 Å². The topological polar surface area (TPSA) is 0 Å². The monoisotopic (exact) mass is 218 g/mol. The molecule has 2 aromatic rings. The number of hydrogen-bond acceptors (Lipinski definition) is 0. The smallest absolute Gasteiger partial charge is 0.123 e. The van der Waals surface area contributed by atoms with E-state index in [1.807, 2.05) is 24.3 Å². The van der Waals surface area contributed by atoms with E-state index in [2.05, 4.69) is 0 Å². The molecular weight excluding hydrogens is 211 g/mol. The Morgan fingerprint density at radius 2 is 1.80 bits per heavy atom. The second-order valence-electron chi connectivity index (χ2n) is 3.78. The highest BCUT2D eigenvalue weighted by Gasteiger charge is 2.18. The van der Waals surface area contributed by atoms with Gasteiger partial charge in [0.1, 0.15) is 5.82 Å². The minimum atomic E-state index is -0.184. The predicted molar refractivity (Wildman–Crippen MR) is 59.7 cm³/mol. The van der Waals surface area contributed by atoms with Crippen LogP contribution in [0.5, 0.6) is 0 Å². The molecule has 1 aliphatic carbocycles. The van der Waals surface area contributed by atoms with Gasteiger partial charge in [-0.3, -0.25) is 0 Å². The molecule has 0 saturated heterocycles. The Morgan fingerprint density at radius 1 is 0.933 bits per heavy atom. The van der Waals surface area contributed by atoms with Gasteiger partial charge in [-0.1, -0.05) is 23.7 Å². The highest BCUT2D eigenvalue weighted by Crippen LogP contribution is 2.37. The van der Waals surface area contributed by atoms with Crippen LogP contribution in [0, 0.1) is 5.82 Å². The fourth-order valence-corrected chi connectivity index (χ4v) is 2.32. The third-order valence-corrected chi connectivity index (χ3v) is 3.05. The third kappa shape index (κ3) is 1.35. The first-order valence-corrected chi connectivity index (χ1v) is 5.19. The van der Waals surface area contributed by atoms with Crippen LogP contribution in [0.1, 0.15) is 11.1 Å². The minimum Gasteiger partial charge on any atom is -0.207 e. The van der Waals surface area contributed by atoms with Crippen molar-refractivity contribution in [1.29, 1.82) is 0 Å². The van der Waals surface area contributed by atoms with E-state index in [0.717, 1.165) is 22.6 Å². The SMILES string of the molecule is Fc1ccc2c(c1)-c1ccc(Cl)cc1C2. The van der Waals surface area contributed by atoms with E-state index in [9.17, 15) is 4.39 Å². The first-order chi connectivity index (χ1) is 7.24. The van der Waals surface area contributed by atoms with Crippen molar-refractivity contribution in [1.82, 2.24) is 0 Å². The molecule has 0 nitrogen and oxygen atoms in total. The van der Waals surface area contributed by atoms with Gasteiger partial charge in [-0.05, 0) is 52.9 Å². The summed E-state index contributed by atoms with van der Waals surface area (Å²) in [6.07, 6.45) is 0.853. The molecule has 0 N–H and O–H groups in total. The fourth-order valence-electron chi connectivity index (χ4n) is 2.13. The molecule has 74 valence electrons. The van der Waals surface area contributed by atoms with Gasteiger partial charge >= 0.3 is 0 Å². The molecule has 15 heavy (non-hydrogen) atoms. The van der Waals surface area contributed by atoms with Crippen molar-refractivity contribution < 1.29 is 4.39 Å². The summed E-state index contributed by atoms with van der Waals surface area (Å²) in [7, 11) is 0. The molecule has 0 saturated carbocycles. The quantitative estimate of drug-likeness (QED) is 0.534. The maximum absolute atomic E-state index is 13.1. The fraction of sp³-hybridized carbons (Fsp3) is 0.0769. The molecule has 0 amide bonds. The van der Waals surface area contributed by atoms with Gasteiger partial charge in [-0.15, -0.1) is 0 Å². The maximum atomic E-state index is 13.1. The average molecular weight is 219 g/mol. The van der Waals surface area contributed by atoms with Crippen molar-refractivity contribution in [3.05, 3.63) is 58.4 Å². The Hall–Kier alpha value is -1.34. The van der Waals surface area contributed by atoms with Crippen molar-refractivity contribution in [2.75, 3.05) is 0 Å². The molecule has 0 fully saturated rings. The van der Waals surface area contributed by atoms with E-state index in [0.29, 0.717) is 0 Å². The van der Waals surface area contributed by atoms with E-state index in [1.54, 1.807) is 6.07 Å². The van der Waals surface area contributed by atoms with Crippen LogP contribution in [-0.2, 0) is 6.42 Å². The largest absolute Gasteiger partial charge is 0.207 e. The minimum absolute atomic E-state index is 0.184. The molecule has 1 aliphatic rings. The zero-order valence-electron chi connectivity index (χ0n) is 7.93. The van der Waals surface area contributed by atoms with Crippen molar-refractivity contribution >= 4 is 11.6 Å². The van der Waals surface area contributed by atoms with E-state index in [1.165, 1.54) is 17.2 Å². The summed E-state index contributed by atoms with van der Waals surface area (Å²) in [6.45, 7) is 0. The van der Waals surface area contributed by atoms with Gasteiger partial charge < -0.3 is 0 Å². The Bertz CT molecular complexity index is 546. The Kier molecular flexibility index (Phi) is 1.83. The van der Waals surface area contributed by atoms with Crippen molar-refractivity contribution in [3.8, 4) is 11.1 Å². The van der Waals surface area contributed by atoms with Crippen LogP contribution in [0.4, 0.5) is 4.39 Å². The second-order valence-corrected chi connectivity index (χ2v) is 4.22. The predicted octanol–water partition coefficient (Wildman–Crippen LogP) is 4.05. The number of halogens is 2. The summed E-state index contributed by atoms with van der Waals surface area (Å²) in [5.41, 5.74) is 4.47. The van der Waals surface area contributed by atoms with Gasteiger partial charge in [-0.25, -0.2) is 4.39 Å². The lowest BCUT2D eigenvalue weighted by Crippen LogP contribution is -1.80. The summed E-state index contributed by atoms with van der Waals surface area (Å²) in [5, 5.41) is 0.738. The van der Waals surface area contributed by atoms with E-state index in [4.69, 9.17) is 11.6 Å². The number of fused-ring (bicyclic) bond motifs is 3. The molecular formula is C13H8ClF. The normalized spacial score (nSPS) is 12.4. The summed E-state index contributed by atoms with van der Waals surface area (Å²) in [6, 6.07) is 10.7. The summed E-state index contributed by atoms with van der Waals surface area (Å²) >= 11 is 5.92. The van der Waals surface area contributed by atoms with Gasteiger partial charge in [0.05, 0.1) is 0 Å². The van der Waals surface area contributed by atoms with Crippen LogP contribution >= 0.6 is 11.6 Å². The highest BCUT2D eigenvalue weighted by atomic mass is 35.5. The lowest BCUT2D eigenvalue weighted by molar-refractivity contribution is 0.628. The first kappa shape index (κ1) is 8.93. The summed E-state index contributed by atoms with van der Waals surface area (Å²) in [4.78, 5) is 0. The lowest BCUT2D eigenvalue weighted by atomic mass is 10.1. The maximum Gasteiger partial charge on any atom is 0.123 e. The molecule has 0 aliphatic heterocycles. The molecule has 0 radical (unpaired) electrons. The zero-order valence-corrected chi connectivity index (χ0v) is 8.68. The van der Waals surface area contributed by atoms with Gasteiger partial charge in [0.2, 0.25) is 0 Å². The molecule has 2 heteroatoms. The van der Waals surface area contributed by atoms with E-state index >= 15 is 0 Å². The van der Waals surface area contributed by atoms with E-state index in [-0.39, 0.29) is 5.82 Å². The standard InChI is InChI=1S/C13H8ClF/c14-10-2-4-12-9(6-10)5-8-1-3-11(15)7-13(8)12/h1-4,6-7H,5H2. The van der Waals surface area contributed by atoms with E-state index < -0.39 is 0 Å². The van der Waals surface area contributed by atoms with Crippen molar-refractivity contribution in [2.45, 2.75) is 6.42 Å². The Morgan fingerprint density at radius 3 is 2.67 bits per heavy atom. The third-order valence-electron chi connectivity index (χ3n) is 2.81. The van der Waals surface area contributed by atoms with Crippen LogP contribution in [0.3, 0.4) is 0 Å². The van der Waals surface area contributed by atoms with Gasteiger partial charge in [0, 0.05) is 5.02 Å². The molecule has 0 spiro atoms. The number of hydrogen-bond donors (Lipinski definition) is 0. The van der Waals surface area contributed by atoms with Gasteiger partial charge in [-0.2, -0.15) is 0 Å². The van der Waals surface area contributed by atoms with Crippen LogP contribution in [0.2, 0.25) is 5.02 Å². The van der Waals surface area contributed by atoms with Crippen molar-refractivity contribution in [2.24, 2.45) is 0 Å². The average Bonchev–Trinajstić information content (AvgIpc) is 2.54. The molecule has 0 unspecified atom stereocenters. The second kappa shape index (κ2) is 3.07. The van der Waals surface area contributed by atoms with Crippen LogP contribution < -0.4 is 0 Å². The Balaban J connectivity index is 2.26. The zero-order chi connectivity index (χ0) is 10.4. The molecule has 2 aromatic carbocycles. The molecule has 0 bridgehead atoms. The summed E-state index contributed by atoms with van der Waals surface area (Å²) < 4.78 is 13.1. The van der Waals surface area contributed by atoms with Crippen molar-refractivity contribution in [3.63, 3.8) is 0 Å². The highest BCUT2D eigenvalue weighted by molar-refractivity contribution is 6.30. The first-order valence-electron chi connectivity index (χ1n) is 4.81. The van der Waals surface area contributed by atoms with Gasteiger partial charge in [0.25, 0.3) is 0 Å². The Labute approximate surface area is 92.3 Å². The number of rotatable bonds is 0. The molecule has 3 rings (SSSR count). The summed E-state index contributed by atoms with van der Waals surface area (Å²) in [5.74, 6) is -0.184. The molecule has 0 aromatic heterocycles. The van der Waals surface area contributed by atoms with Crippen LogP contribution in [-0.4, -0.2) is 0 Å². The van der Waals surface area contributed by atoms with Gasteiger partial charge in [0.15, 0.2) is 0 Å².